The van der Waals surface area contributed by atoms with Crippen LogP contribution < -0.4 is 9.80 Å². The molecule has 140 valence electrons. The number of hydrogen-bond acceptors (Lipinski definition) is 3. The van der Waals surface area contributed by atoms with Crippen LogP contribution in [0, 0.1) is 0 Å². The van der Waals surface area contributed by atoms with E-state index in [1.165, 1.54) is 0 Å². The summed E-state index contributed by atoms with van der Waals surface area (Å²) in [6.45, 7) is 3.56. The number of H-pyrrole nitrogens is 1. The second kappa shape index (κ2) is 7.45. The Morgan fingerprint density at radius 1 is 1.04 bits per heavy atom. The molecule has 2 heterocycles. The minimum atomic E-state index is 0.152. The van der Waals surface area contributed by atoms with Crippen LogP contribution in [0.15, 0.2) is 54.7 Å². The first-order chi connectivity index (χ1) is 13.1. The summed E-state index contributed by atoms with van der Waals surface area (Å²) in [6, 6.07) is 16.4. The van der Waals surface area contributed by atoms with Crippen LogP contribution in [0.3, 0.4) is 0 Å². The van der Waals surface area contributed by atoms with E-state index in [0.29, 0.717) is 6.42 Å². The SMILES string of the molecule is CN(C)CCN1CCN(C(=O)Cc2c[nH]c3ccccc23)c2ccccc21. The van der Waals surface area contributed by atoms with E-state index in [4.69, 9.17) is 0 Å². The number of anilines is 2. The van der Waals surface area contributed by atoms with E-state index in [1.54, 1.807) is 0 Å². The molecule has 1 aromatic heterocycles. The lowest BCUT2D eigenvalue weighted by Crippen LogP contribution is -2.46. The van der Waals surface area contributed by atoms with Crippen LogP contribution >= 0.6 is 0 Å². The molecule has 0 unspecified atom stereocenters. The molecular weight excluding hydrogens is 336 g/mol. The van der Waals surface area contributed by atoms with Crippen molar-refractivity contribution in [2.75, 3.05) is 50.1 Å². The molecule has 0 saturated carbocycles. The van der Waals surface area contributed by atoms with Crippen LogP contribution in [0.2, 0.25) is 0 Å². The average molecular weight is 362 g/mol. The van der Waals surface area contributed by atoms with Crippen molar-refractivity contribution in [3.05, 3.63) is 60.3 Å². The van der Waals surface area contributed by atoms with E-state index in [0.717, 1.165) is 54.0 Å². The van der Waals surface area contributed by atoms with Crippen LogP contribution in [0.1, 0.15) is 5.56 Å². The summed E-state index contributed by atoms with van der Waals surface area (Å²) in [5, 5.41) is 1.13. The Balaban J connectivity index is 1.56. The Labute approximate surface area is 160 Å². The number of carbonyl (C=O) groups is 1. The molecule has 0 saturated heterocycles. The highest BCUT2D eigenvalue weighted by molar-refractivity contribution is 6.00. The van der Waals surface area contributed by atoms with E-state index >= 15 is 0 Å². The first-order valence-corrected chi connectivity index (χ1v) is 9.47. The highest BCUT2D eigenvalue weighted by Crippen LogP contribution is 2.33. The van der Waals surface area contributed by atoms with Gasteiger partial charge in [0.1, 0.15) is 0 Å². The number of hydrogen-bond donors (Lipinski definition) is 1. The number of amides is 1. The fraction of sp³-hybridized carbons (Fsp3) is 0.318. The standard InChI is InChI=1S/C22H26N4O/c1-24(2)11-12-25-13-14-26(21-10-6-5-9-20(21)25)22(27)15-17-16-23-19-8-4-3-7-18(17)19/h3-10,16,23H,11-15H2,1-2H3. The maximum Gasteiger partial charge on any atom is 0.231 e. The maximum atomic E-state index is 13.1. The van der Waals surface area contributed by atoms with Gasteiger partial charge in [-0.2, -0.15) is 0 Å². The van der Waals surface area contributed by atoms with Crippen LogP contribution in [0.4, 0.5) is 11.4 Å². The number of para-hydroxylation sites is 3. The maximum absolute atomic E-state index is 13.1. The molecule has 0 aliphatic carbocycles. The normalized spacial score (nSPS) is 14.0. The molecule has 0 atom stereocenters. The summed E-state index contributed by atoms with van der Waals surface area (Å²) in [5.74, 6) is 0.152. The van der Waals surface area contributed by atoms with Gasteiger partial charge in [-0.25, -0.2) is 0 Å². The number of nitrogens with one attached hydrogen (secondary N) is 1. The molecule has 0 spiro atoms. The zero-order valence-electron chi connectivity index (χ0n) is 16.0. The van der Waals surface area contributed by atoms with Gasteiger partial charge >= 0.3 is 0 Å². The molecule has 2 aromatic carbocycles. The third-order valence-corrected chi connectivity index (χ3v) is 5.24. The molecule has 5 nitrogen and oxygen atoms in total. The zero-order chi connectivity index (χ0) is 18.8. The number of carbonyl (C=O) groups excluding carboxylic acids is 1. The summed E-state index contributed by atoms with van der Waals surface area (Å²) in [5.41, 5.74) is 4.31. The average Bonchev–Trinajstić information content (AvgIpc) is 3.09. The summed E-state index contributed by atoms with van der Waals surface area (Å²) in [4.78, 5) is 22.9. The molecule has 3 aromatic rings. The summed E-state index contributed by atoms with van der Waals surface area (Å²) in [6.07, 6.45) is 2.37. The van der Waals surface area contributed by atoms with Crippen molar-refractivity contribution in [1.29, 1.82) is 0 Å². The van der Waals surface area contributed by atoms with Gasteiger partial charge in [0.2, 0.25) is 5.91 Å². The lowest BCUT2D eigenvalue weighted by Gasteiger charge is -2.38. The monoisotopic (exact) mass is 362 g/mol. The number of fused-ring (bicyclic) bond motifs is 2. The smallest absolute Gasteiger partial charge is 0.231 e. The van der Waals surface area contributed by atoms with E-state index in [2.05, 4.69) is 53.1 Å². The summed E-state index contributed by atoms with van der Waals surface area (Å²) >= 11 is 0. The second-order valence-corrected chi connectivity index (χ2v) is 7.36. The summed E-state index contributed by atoms with van der Waals surface area (Å²) < 4.78 is 0. The van der Waals surface area contributed by atoms with Gasteiger partial charge in [0, 0.05) is 43.3 Å². The lowest BCUT2D eigenvalue weighted by atomic mass is 10.1. The summed E-state index contributed by atoms with van der Waals surface area (Å²) in [7, 11) is 4.18. The predicted octanol–water partition coefficient (Wildman–Crippen LogP) is 3.13. The Hall–Kier alpha value is -2.79. The minimum Gasteiger partial charge on any atom is -0.367 e. The van der Waals surface area contributed by atoms with Crippen LogP contribution in [-0.4, -0.2) is 56.1 Å². The van der Waals surface area contributed by atoms with Gasteiger partial charge in [-0.05, 0) is 37.9 Å². The quantitative estimate of drug-likeness (QED) is 0.758. The Kier molecular flexibility index (Phi) is 4.86. The fourth-order valence-electron chi connectivity index (χ4n) is 3.77. The van der Waals surface area contributed by atoms with Gasteiger partial charge in [0.15, 0.2) is 0 Å². The first-order valence-electron chi connectivity index (χ1n) is 9.47. The highest BCUT2D eigenvalue weighted by atomic mass is 16.2. The van der Waals surface area contributed by atoms with Gasteiger partial charge in [0.25, 0.3) is 0 Å². The van der Waals surface area contributed by atoms with Gasteiger partial charge in [-0.15, -0.1) is 0 Å². The van der Waals surface area contributed by atoms with Crippen molar-refractivity contribution in [3.8, 4) is 0 Å². The number of rotatable bonds is 5. The molecule has 4 rings (SSSR count). The molecule has 1 aliphatic heterocycles. The van der Waals surface area contributed by atoms with E-state index in [9.17, 15) is 4.79 Å². The second-order valence-electron chi connectivity index (χ2n) is 7.36. The Morgan fingerprint density at radius 2 is 1.78 bits per heavy atom. The van der Waals surface area contributed by atoms with Crippen molar-refractivity contribution in [3.63, 3.8) is 0 Å². The predicted molar refractivity (Wildman–Crippen MR) is 112 cm³/mol. The van der Waals surface area contributed by atoms with Crippen molar-refractivity contribution < 1.29 is 4.79 Å². The van der Waals surface area contributed by atoms with Crippen molar-refractivity contribution in [1.82, 2.24) is 9.88 Å². The number of nitrogens with zero attached hydrogens (tertiary/aromatic N) is 3. The highest BCUT2D eigenvalue weighted by Gasteiger charge is 2.26. The first kappa shape index (κ1) is 17.6. The number of aromatic nitrogens is 1. The van der Waals surface area contributed by atoms with E-state index in [1.807, 2.05) is 35.4 Å². The number of benzene rings is 2. The van der Waals surface area contributed by atoms with E-state index in [-0.39, 0.29) is 5.91 Å². The van der Waals surface area contributed by atoms with Gasteiger partial charge < -0.3 is 19.7 Å². The molecular formula is C22H26N4O. The third kappa shape index (κ3) is 3.55. The molecule has 1 aliphatic rings. The van der Waals surface area contributed by atoms with Crippen molar-refractivity contribution in [2.24, 2.45) is 0 Å². The Bertz CT molecular complexity index is 946. The number of likely N-dealkylation sites (N-methyl/N-ethyl adjacent to an activating group) is 1. The fourth-order valence-corrected chi connectivity index (χ4v) is 3.77. The largest absolute Gasteiger partial charge is 0.367 e. The number of aromatic amines is 1. The zero-order valence-corrected chi connectivity index (χ0v) is 16.0. The molecule has 1 amide bonds. The van der Waals surface area contributed by atoms with Crippen LogP contribution in [-0.2, 0) is 11.2 Å². The molecule has 1 N–H and O–H groups in total. The molecule has 0 radical (unpaired) electrons. The van der Waals surface area contributed by atoms with Crippen LogP contribution in [0.5, 0.6) is 0 Å². The van der Waals surface area contributed by atoms with Crippen molar-refractivity contribution in [2.45, 2.75) is 6.42 Å². The Morgan fingerprint density at radius 3 is 2.59 bits per heavy atom. The molecule has 0 bridgehead atoms. The molecule has 5 heteroatoms. The van der Waals surface area contributed by atoms with Gasteiger partial charge in [-0.3, -0.25) is 4.79 Å². The minimum absolute atomic E-state index is 0.152. The van der Waals surface area contributed by atoms with Crippen LogP contribution in [0.25, 0.3) is 10.9 Å². The topological polar surface area (TPSA) is 42.6 Å². The third-order valence-electron chi connectivity index (χ3n) is 5.24. The van der Waals surface area contributed by atoms with Gasteiger partial charge in [-0.1, -0.05) is 30.3 Å². The van der Waals surface area contributed by atoms with Crippen molar-refractivity contribution >= 4 is 28.2 Å². The molecule has 27 heavy (non-hydrogen) atoms. The van der Waals surface area contributed by atoms with E-state index < -0.39 is 0 Å². The molecule has 0 fully saturated rings. The lowest BCUT2D eigenvalue weighted by molar-refractivity contribution is -0.118. The van der Waals surface area contributed by atoms with Gasteiger partial charge in [0.05, 0.1) is 17.8 Å².